The quantitative estimate of drug-likeness (QED) is 0.888. The molecule has 1 aromatic heterocycles. The van der Waals surface area contributed by atoms with Crippen molar-refractivity contribution in [3.05, 3.63) is 17.7 Å². The maximum absolute atomic E-state index is 11.9. The largest absolute Gasteiger partial charge is 0.383 e. The minimum absolute atomic E-state index is 0.126. The molecule has 0 aliphatic carbocycles. The highest BCUT2D eigenvalue weighted by atomic mass is 16.5. The molecule has 2 heterocycles. The molecule has 1 saturated heterocycles. The van der Waals surface area contributed by atoms with Gasteiger partial charge in [-0.2, -0.15) is 0 Å². The third-order valence-electron chi connectivity index (χ3n) is 3.84. The molecule has 20 heavy (non-hydrogen) atoms. The Morgan fingerprint density at radius 1 is 1.45 bits per heavy atom. The number of aromatic nitrogens is 1. The summed E-state index contributed by atoms with van der Waals surface area (Å²) in [6.45, 7) is 6.39. The smallest absolute Gasteiger partial charge is 0.161 e. The zero-order chi connectivity index (χ0) is 14.5. The van der Waals surface area contributed by atoms with Crippen LogP contribution in [0.2, 0.25) is 0 Å². The van der Waals surface area contributed by atoms with Crippen LogP contribution in [0.25, 0.3) is 0 Å². The SMILES string of the molecule is CCOCC(=O)C1CCN(c2ccc(C)c(N)n2)CC1. The summed E-state index contributed by atoms with van der Waals surface area (Å²) in [6, 6.07) is 3.98. The Morgan fingerprint density at radius 2 is 2.15 bits per heavy atom. The lowest BCUT2D eigenvalue weighted by Crippen LogP contribution is -2.37. The van der Waals surface area contributed by atoms with Gasteiger partial charge in [0.15, 0.2) is 5.78 Å². The fourth-order valence-electron chi connectivity index (χ4n) is 2.46. The second kappa shape index (κ2) is 6.70. The van der Waals surface area contributed by atoms with Gasteiger partial charge in [-0.15, -0.1) is 0 Å². The monoisotopic (exact) mass is 277 g/mol. The molecule has 5 heteroatoms. The molecule has 1 fully saturated rings. The van der Waals surface area contributed by atoms with Gasteiger partial charge < -0.3 is 15.4 Å². The van der Waals surface area contributed by atoms with Crippen LogP contribution in [-0.4, -0.2) is 37.1 Å². The average Bonchev–Trinajstić information content (AvgIpc) is 2.48. The summed E-state index contributed by atoms with van der Waals surface area (Å²) in [7, 11) is 0. The number of carbonyl (C=O) groups is 1. The van der Waals surface area contributed by atoms with Gasteiger partial charge in [0, 0.05) is 25.6 Å². The standard InChI is InChI=1S/C15H23N3O2/c1-3-20-10-13(19)12-6-8-18(9-7-12)14-5-4-11(2)15(16)17-14/h4-5,12H,3,6-10H2,1-2H3,(H2,16,17). The Hall–Kier alpha value is -1.62. The number of piperidine rings is 1. The van der Waals surface area contributed by atoms with Crippen LogP contribution in [-0.2, 0) is 9.53 Å². The van der Waals surface area contributed by atoms with Gasteiger partial charge in [-0.1, -0.05) is 6.07 Å². The van der Waals surface area contributed by atoms with Gasteiger partial charge in [-0.25, -0.2) is 4.98 Å². The number of hydrogen-bond acceptors (Lipinski definition) is 5. The van der Waals surface area contributed by atoms with Crippen LogP contribution >= 0.6 is 0 Å². The summed E-state index contributed by atoms with van der Waals surface area (Å²) < 4.78 is 5.20. The Labute approximate surface area is 120 Å². The minimum Gasteiger partial charge on any atom is -0.383 e. The maximum Gasteiger partial charge on any atom is 0.161 e. The van der Waals surface area contributed by atoms with Gasteiger partial charge in [0.25, 0.3) is 0 Å². The molecule has 0 aromatic carbocycles. The molecule has 0 spiro atoms. The molecule has 2 rings (SSSR count). The van der Waals surface area contributed by atoms with Crippen LogP contribution in [0.1, 0.15) is 25.3 Å². The molecule has 1 aromatic rings. The summed E-state index contributed by atoms with van der Waals surface area (Å²) in [5.41, 5.74) is 6.85. The van der Waals surface area contributed by atoms with E-state index in [9.17, 15) is 4.79 Å². The number of ketones is 1. The van der Waals surface area contributed by atoms with Gasteiger partial charge in [0.05, 0.1) is 0 Å². The van der Waals surface area contributed by atoms with E-state index in [1.807, 2.05) is 26.0 Å². The van der Waals surface area contributed by atoms with Crippen LogP contribution < -0.4 is 10.6 Å². The first-order valence-electron chi connectivity index (χ1n) is 7.20. The summed E-state index contributed by atoms with van der Waals surface area (Å²) in [5, 5.41) is 0. The molecule has 2 N–H and O–H groups in total. The van der Waals surface area contributed by atoms with E-state index in [2.05, 4.69) is 9.88 Å². The molecular weight excluding hydrogens is 254 g/mol. The fourth-order valence-corrected chi connectivity index (χ4v) is 2.46. The van der Waals surface area contributed by atoms with Gasteiger partial charge in [0.1, 0.15) is 18.2 Å². The Bertz CT molecular complexity index is 468. The normalized spacial score (nSPS) is 16.4. The molecule has 0 atom stereocenters. The Balaban J connectivity index is 1.90. The second-order valence-electron chi connectivity index (χ2n) is 5.24. The van der Waals surface area contributed by atoms with Crippen molar-refractivity contribution in [3.8, 4) is 0 Å². The number of ether oxygens (including phenoxy) is 1. The molecule has 0 amide bonds. The van der Waals surface area contributed by atoms with E-state index in [0.717, 1.165) is 37.3 Å². The summed E-state index contributed by atoms with van der Waals surface area (Å²) in [4.78, 5) is 18.5. The number of Topliss-reactive ketones (excluding diaryl/α,β-unsaturated/α-hetero) is 1. The van der Waals surface area contributed by atoms with Crippen molar-refractivity contribution in [2.75, 3.05) is 36.9 Å². The molecule has 5 nitrogen and oxygen atoms in total. The van der Waals surface area contributed by atoms with E-state index in [4.69, 9.17) is 10.5 Å². The third kappa shape index (κ3) is 3.48. The summed E-state index contributed by atoms with van der Waals surface area (Å²) in [5.74, 6) is 1.84. The number of hydrogen-bond donors (Lipinski definition) is 1. The summed E-state index contributed by atoms with van der Waals surface area (Å²) in [6.07, 6.45) is 1.72. The minimum atomic E-state index is 0.126. The Kier molecular flexibility index (Phi) is 4.95. The van der Waals surface area contributed by atoms with Crippen molar-refractivity contribution in [3.63, 3.8) is 0 Å². The van der Waals surface area contributed by atoms with E-state index in [1.54, 1.807) is 0 Å². The van der Waals surface area contributed by atoms with Gasteiger partial charge in [0.2, 0.25) is 0 Å². The van der Waals surface area contributed by atoms with E-state index < -0.39 is 0 Å². The van der Waals surface area contributed by atoms with E-state index >= 15 is 0 Å². The van der Waals surface area contributed by atoms with Crippen molar-refractivity contribution < 1.29 is 9.53 Å². The number of rotatable bonds is 5. The summed E-state index contributed by atoms with van der Waals surface area (Å²) >= 11 is 0. The van der Waals surface area contributed by atoms with Crippen molar-refractivity contribution in [1.82, 2.24) is 4.98 Å². The van der Waals surface area contributed by atoms with Gasteiger partial charge >= 0.3 is 0 Å². The molecule has 0 unspecified atom stereocenters. The topological polar surface area (TPSA) is 68.5 Å². The number of pyridine rings is 1. The molecule has 110 valence electrons. The van der Waals surface area contributed by atoms with Crippen LogP contribution in [0.5, 0.6) is 0 Å². The first-order chi connectivity index (χ1) is 9.61. The molecule has 1 aliphatic rings. The first-order valence-corrected chi connectivity index (χ1v) is 7.20. The van der Waals surface area contributed by atoms with Gasteiger partial charge in [-0.3, -0.25) is 4.79 Å². The zero-order valence-corrected chi connectivity index (χ0v) is 12.3. The maximum atomic E-state index is 11.9. The van der Waals surface area contributed by atoms with Crippen LogP contribution in [0.3, 0.4) is 0 Å². The lowest BCUT2D eigenvalue weighted by Gasteiger charge is -2.32. The second-order valence-corrected chi connectivity index (χ2v) is 5.24. The lowest BCUT2D eigenvalue weighted by molar-refractivity contribution is -0.127. The van der Waals surface area contributed by atoms with Crippen LogP contribution in [0.4, 0.5) is 11.6 Å². The van der Waals surface area contributed by atoms with Crippen molar-refractivity contribution >= 4 is 17.4 Å². The number of anilines is 2. The highest BCUT2D eigenvalue weighted by Gasteiger charge is 2.25. The molecule has 1 aliphatic heterocycles. The zero-order valence-electron chi connectivity index (χ0n) is 12.3. The van der Waals surface area contributed by atoms with Crippen molar-refractivity contribution in [2.24, 2.45) is 5.92 Å². The van der Waals surface area contributed by atoms with Crippen LogP contribution in [0, 0.1) is 12.8 Å². The lowest BCUT2D eigenvalue weighted by atomic mass is 9.93. The average molecular weight is 277 g/mol. The number of nitrogens with zero attached hydrogens (tertiary/aromatic N) is 2. The highest BCUT2D eigenvalue weighted by Crippen LogP contribution is 2.24. The molecule has 0 radical (unpaired) electrons. The van der Waals surface area contributed by atoms with Crippen molar-refractivity contribution in [1.29, 1.82) is 0 Å². The van der Waals surface area contributed by atoms with E-state index in [1.165, 1.54) is 0 Å². The number of aryl methyl sites for hydroxylation is 1. The van der Waals surface area contributed by atoms with E-state index in [-0.39, 0.29) is 18.3 Å². The van der Waals surface area contributed by atoms with Crippen molar-refractivity contribution in [2.45, 2.75) is 26.7 Å². The van der Waals surface area contributed by atoms with Gasteiger partial charge in [-0.05, 0) is 38.3 Å². The number of carbonyl (C=O) groups excluding carboxylic acids is 1. The molecular formula is C15H23N3O2. The third-order valence-corrected chi connectivity index (χ3v) is 3.84. The predicted molar refractivity (Wildman–Crippen MR) is 79.8 cm³/mol. The predicted octanol–water partition coefficient (Wildman–Crippen LogP) is 1.79. The Morgan fingerprint density at radius 3 is 2.75 bits per heavy atom. The molecule has 0 bridgehead atoms. The number of nitrogens with two attached hydrogens (primary N) is 1. The first kappa shape index (κ1) is 14.8. The van der Waals surface area contributed by atoms with E-state index in [0.29, 0.717) is 12.4 Å². The fraction of sp³-hybridized carbons (Fsp3) is 0.600. The molecule has 0 saturated carbocycles. The highest BCUT2D eigenvalue weighted by molar-refractivity contribution is 5.82. The number of nitrogen functional groups attached to an aromatic ring is 1. The van der Waals surface area contributed by atoms with Crippen LogP contribution in [0.15, 0.2) is 12.1 Å².